The van der Waals surface area contributed by atoms with E-state index < -0.39 is 0 Å². The minimum absolute atomic E-state index is 0.180. The molecule has 1 nitrogen and oxygen atoms in total. The predicted octanol–water partition coefficient (Wildman–Crippen LogP) is 4.21. The number of allylic oxidation sites excluding steroid dienone is 2. The molecule has 0 saturated heterocycles. The average Bonchev–Trinajstić information content (AvgIpc) is 2.24. The molecular formula is C14H19FO. The maximum atomic E-state index is 13.0. The molecule has 0 unspecified atom stereocenters. The number of hydrogen-bond donors (Lipinski definition) is 1. The van der Waals surface area contributed by atoms with Gasteiger partial charge in [0.15, 0.2) is 0 Å². The molecule has 2 heteroatoms. The average molecular weight is 222 g/mol. The third-order valence-corrected chi connectivity index (χ3v) is 2.52. The SMILES string of the molecule is CC/C=C(\CCC)Cc1cc(F)ccc1O. The number of aromatic hydroxyl groups is 1. The zero-order valence-electron chi connectivity index (χ0n) is 9.96. The lowest BCUT2D eigenvalue weighted by Gasteiger charge is -2.08. The highest BCUT2D eigenvalue weighted by molar-refractivity contribution is 5.35. The van der Waals surface area contributed by atoms with Gasteiger partial charge < -0.3 is 5.11 Å². The summed E-state index contributed by atoms with van der Waals surface area (Å²) in [5.74, 6) is -0.111. The highest BCUT2D eigenvalue weighted by Gasteiger charge is 2.05. The molecule has 0 atom stereocenters. The van der Waals surface area contributed by atoms with Gasteiger partial charge in [-0.25, -0.2) is 4.39 Å². The Morgan fingerprint density at radius 2 is 2.12 bits per heavy atom. The van der Waals surface area contributed by atoms with Gasteiger partial charge in [0.2, 0.25) is 0 Å². The second-order valence-electron chi connectivity index (χ2n) is 3.97. The van der Waals surface area contributed by atoms with Crippen LogP contribution in [0.2, 0.25) is 0 Å². The molecule has 1 N–H and O–H groups in total. The lowest BCUT2D eigenvalue weighted by molar-refractivity contribution is 0.466. The first-order valence-corrected chi connectivity index (χ1v) is 5.82. The van der Waals surface area contributed by atoms with Crippen LogP contribution in [-0.4, -0.2) is 5.11 Å². The summed E-state index contributed by atoms with van der Waals surface area (Å²) in [6, 6.07) is 4.11. The Balaban J connectivity index is 2.84. The van der Waals surface area contributed by atoms with Crippen LogP contribution in [0, 0.1) is 5.82 Å². The standard InChI is InChI=1S/C14H19FO/c1-3-5-11(6-4-2)9-12-10-13(15)7-8-14(12)16/h5,7-8,10,16H,3-4,6,9H2,1-2H3/b11-5+. The number of benzene rings is 1. The van der Waals surface area contributed by atoms with Crippen molar-refractivity contribution >= 4 is 0 Å². The lowest BCUT2D eigenvalue weighted by atomic mass is 9.99. The van der Waals surface area contributed by atoms with Gasteiger partial charge in [-0.05, 0) is 37.5 Å². The molecule has 0 heterocycles. The second kappa shape index (κ2) is 6.31. The van der Waals surface area contributed by atoms with Crippen molar-refractivity contribution in [3.8, 4) is 5.75 Å². The summed E-state index contributed by atoms with van der Waals surface area (Å²) in [6.07, 6.45) is 5.86. The van der Waals surface area contributed by atoms with Gasteiger partial charge in [-0.1, -0.05) is 31.9 Å². The van der Waals surface area contributed by atoms with Crippen LogP contribution in [0.3, 0.4) is 0 Å². The smallest absolute Gasteiger partial charge is 0.123 e. The Bertz CT molecular complexity index is 369. The Morgan fingerprint density at radius 3 is 2.75 bits per heavy atom. The van der Waals surface area contributed by atoms with Crippen molar-refractivity contribution in [2.24, 2.45) is 0 Å². The van der Waals surface area contributed by atoms with E-state index in [4.69, 9.17) is 0 Å². The van der Waals surface area contributed by atoms with Crippen molar-refractivity contribution < 1.29 is 9.50 Å². The third-order valence-electron chi connectivity index (χ3n) is 2.52. The first-order valence-electron chi connectivity index (χ1n) is 5.82. The van der Waals surface area contributed by atoms with E-state index in [1.165, 1.54) is 23.8 Å². The first kappa shape index (κ1) is 12.8. The number of phenols is 1. The molecule has 0 aromatic heterocycles. The number of halogens is 1. The summed E-state index contributed by atoms with van der Waals surface area (Å²) in [5, 5.41) is 9.63. The van der Waals surface area contributed by atoms with Gasteiger partial charge in [0.05, 0.1) is 0 Å². The Labute approximate surface area is 96.6 Å². The van der Waals surface area contributed by atoms with Gasteiger partial charge in [0, 0.05) is 5.56 Å². The third kappa shape index (κ3) is 3.69. The van der Waals surface area contributed by atoms with Crippen LogP contribution in [0.25, 0.3) is 0 Å². The number of phenolic OH excluding ortho intramolecular Hbond substituents is 1. The quantitative estimate of drug-likeness (QED) is 0.740. The van der Waals surface area contributed by atoms with Crippen LogP contribution in [0.5, 0.6) is 5.75 Å². The zero-order valence-corrected chi connectivity index (χ0v) is 9.96. The summed E-state index contributed by atoms with van der Waals surface area (Å²) in [4.78, 5) is 0. The fourth-order valence-electron chi connectivity index (χ4n) is 1.81. The Kier molecular flexibility index (Phi) is 5.03. The van der Waals surface area contributed by atoms with E-state index in [-0.39, 0.29) is 11.6 Å². The van der Waals surface area contributed by atoms with Gasteiger partial charge in [0.1, 0.15) is 11.6 Å². The van der Waals surface area contributed by atoms with Crippen molar-refractivity contribution in [2.75, 3.05) is 0 Å². The summed E-state index contributed by atoms with van der Waals surface area (Å²) in [5.41, 5.74) is 1.94. The molecule has 0 aliphatic carbocycles. The maximum absolute atomic E-state index is 13.0. The van der Waals surface area contributed by atoms with E-state index in [0.717, 1.165) is 19.3 Å². The van der Waals surface area contributed by atoms with Gasteiger partial charge in [-0.2, -0.15) is 0 Å². The van der Waals surface area contributed by atoms with Crippen molar-refractivity contribution in [3.05, 3.63) is 41.2 Å². The molecular weight excluding hydrogens is 203 g/mol. The second-order valence-corrected chi connectivity index (χ2v) is 3.97. The summed E-state index contributed by atoms with van der Waals surface area (Å²) in [7, 11) is 0. The molecule has 0 saturated carbocycles. The molecule has 1 rings (SSSR count). The zero-order chi connectivity index (χ0) is 12.0. The van der Waals surface area contributed by atoms with Gasteiger partial charge >= 0.3 is 0 Å². The highest BCUT2D eigenvalue weighted by atomic mass is 19.1. The normalized spacial score (nSPS) is 11.8. The van der Waals surface area contributed by atoms with E-state index in [2.05, 4.69) is 19.9 Å². The van der Waals surface area contributed by atoms with Gasteiger partial charge in [0.25, 0.3) is 0 Å². The van der Waals surface area contributed by atoms with Crippen molar-refractivity contribution in [1.82, 2.24) is 0 Å². The summed E-state index contributed by atoms with van der Waals surface area (Å²) >= 11 is 0. The fraction of sp³-hybridized carbons (Fsp3) is 0.429. The lowest BCUT2D eigenvalue weighted by Crippen LogP contribution is -1.93. The van der Waals surface area contributed by atoms with Crippen LogP contribution in [0.15, 0.2) is 29.8 Å². The van der Waals surface area contributed by atoms with Crippen LogP contribution >= 0.6 is 0 Å². The van der Waals surface area contributed by atoms with E-state index in [1.54, 1.807) is 0 Å². The van der Waals surface area contributed by atoms with Gasteiger partial charge in [-0.15, -0.1) is 0 Å². The van der Waals surface area contributed by atoms with Crippen molar-refractivity contribution in [2.45, 2.75) is 39.5 Å². The molecule has 0 amide bonds. The van der Waals surface area contributed by atoms with E-state index >= 15 is 0 Å². The summed E-state index contributed by atoms with van der Waals surface area (Å²) < 4.78 is 13.0. The summed E-state index contributed by atoms with van der Waals surface area (Å²) in [6.45, 7) is 4.20. The van der Waals surface area contributed by atoms with Crippen LogP contribution in [0.4, 0.5) is 4.39 Å². The van der Waals surface area contributed by atoms with Crippen molar-refractivity contribution in [1.29, 1.82) is 0 Å². The van der Waals surface area contributed by atoms with Crippen LogP contribution < -0.4 is 0 Å². The monoisotopic (exact) mass is 222 g/mol. The van der Waals surface area contributed by atoms with Crippen LogP contribution in [-0.2, 0) is 6.42 Å². The maximum Gasteiger partial charge on any atom is 0.123 e. The number of rotatable bonds is 5. The van der Waals surface area contributed by atoms with E-state index in [0.29, 0.717) is 12.0 Å². The molecule has 1 aromatic rings. The minimum Gasteiger partial charge on any atom is -0.508 e. The first-order chi connectivity index (χ1) is 7.67. The molecule has 16 heavy (non-hydrogen) atoms. The molecule has 0 bridgehead atoms. The number of hydrogen-bond acceptors (Lipinski definition) is 1. The minimum atomic E-state index is -0.292. The van der Waals surface area contributed by atoms with Crippen LogP contribution in [0.1, 0.15) is 38.7 Å². The molecule has 0 aliphatic heterocycles. The molecule has 0 spiro atoms. The molecule has 0 radical (unpaired) electrons. The fourth-order valence-corrected chi connectivity index (χ4v) is 1.81. The molecule has 0 fully saturated rings. The Hall–Kier alpha value is -1.31. The molecule has 1 aromatic carbocycles. The molecule has 88 valence electrons. The van der Waals surface area contributed by atoms with E-state index in [1.807, 2.05) is 0 Å². The van der Waals surface area contributed by atoms with Crippen molar-refractivity contribution in [3.63, 3.8) is 0 Å². The highest BCUT2D eigenvalue weighted by Crippen LogP contribution is 2.23. The molecule has 0 aliphatic rings. The topological polar surface area (TPSA) is 20.2 Å². The Morgan fingerprint density at radius 1 is 1.38 bits per heavy atom. The van der Waals surface area contributed by atoms with E-state index in [9.17, 15) is 9.50 Å². The van der Waals surface area contributed by atoms with Gasteiger partial charge in [-0.3, -0.25) is 0 Å². The largest absolute Gasteiger partial charge is 0.508 e. The predicted molar refractivity (Wildman–Crippen MR) is 65.1 cm³/mol.